The molecule has 0 aliphatic heterocycles. The molecule has 2 amide bonds. The first-order chi connectivity index (χ1) is 9.93. The molecule has 1 rings (SSSR count). The summed E-state index contributed by atoms with van der Waals surface area (Å²) in [5.41, 5.74) is 0.562. The van der Waals surface area contributed by atoms with Gasteiger partial charge in [0.2, 0.25) is 11.8 Å². The van der Waals surface area contributed by atoms with E-state index in [1.54, 1.807) is 23.1 Å². The molecule has 1 aromatic rings. The molecule has 0 saturated carbocycles. The van der Waals surface area contributed by atoms with E-state index in [0.717, 1.165) is 19.3 Å². The Hall–Kier alpha value is -1.26. The maximum Gasteiger partial charge on any atom is 0.243 e. The molecule has 0 aliphatic rings. The van der Waals surface area contributed by atoms with Crippen molar-refractivity contribution in [2.45, 2.75) is 33.1 Å². The number of unbranched alkanes of at least 4 members (excludes halogenated alkanes) is 2. The molecule has 0 radical (unpaired) electrons. The van der Waals surface area contributed by atoms with Gasteiger partial charge in [-0.2, -0.15) is 0 Å². The highest BCUT2D eigenvalue weighted by molar-refractivity contribution is 6.42. The lowest BCUT2D eigenvalue weighted by Gasteiger charge is -2.20. The summed E-state index contributed by atoms with van der Waals surface area (Å²) in [7, 11) is 0. The number of anilines is 1. The fourth-order valence-corrected chi connectivity index (χ4v) is 2.15. The normalized spacial score (nSPS) is 10.3. The third-order valence-electron chi connectivity index (χ3n) is 3.01. The van der Waals surface area contributed by atoms with Gasteiger partial charge in [-0.05, 0) is 24.6 Å². The van der Waals surface area contributed by atoms with Gasteiger partial charge in [0.15, 0.2) is 0 Å². The topological polar surface area (TPSA) is 49.4 Å². The molecule has 0 unspecified atom stereocenters. The molecule has 6 heteroatoms. The number of rotatable bonds is 7. The molecule has 0 spiro atoms. The van der Waals surface area contributed by atoms with E-state index in [9.17, 15) is 9.59 Å². The minimum atomic E-state index is -0.250. The van der Waals surface area contributed by atoms with Crippen LogP contribution in [0.4, 0.5) is 5.69 Å². The first-order valence-electron chi connectivity index (χ1n) is 6.94. The summed E-state index contributed by atoms with van der Waals surface area (Å²) in [5.74, 6) is -0.351. The Morgan fingerprint density at radius 1 is 1.19 bits per heavy atom. The van der Waals surface area contributed by atoms with Crippen LogP contribution in [-0.4, -0.2) is 29.8 Å². The second kappa shape index (κ2) is 8.90. The molecule has 0 fully saturated rings. The highest BCUT2D eigenvalue weighted by Crippen LogP contribution is 2.24. The Balaban J connectivity index is 2.56. The van der Waals surface area contributed by atoms with Crippen molar-refractivity contribution in [3.63, 3.8) is 0 Å². The Morgan fingerprint density at radius 3 is 2.48 bits per heavy atom. The highest BCUT2D eigenvalue weighted by Gasteiger charge is 2.13. The van der Waals surface area contributed by atoms with Gasteiger partial charge in [0, 0.05) is 19.2 Å². The van der Waals surface area contributed by atoms with E-state index < -0.39 is 0 Å². The zero-order valence-corrected chi connectivity index (χ0v) is 13.8. The van der Waals surface area contributed by atoms with Crippen molar-refractivity contribution in [1.29, 1.82) is 0 Å². The number of nitrogens with zero attached hydrogens (tertiary/aromatic N) is 1. The van der Waals surface area contributed by atoms with Crippen LogP contribution in [0.3, 0.4) is 0 Å². The van der Waals surface area contributed by atoms with E-state index in [1.807, 2.05) is 0 Å². The zero-order chi connectivity index (χ0) is 15.8. The first-order valence-corrected chi connectivity index (χ1v) is 7.70. The number of benzene rings is 1. The molecule has 0 aromatic heterocycles. The minimum absolute atomic E-state index is 0.0410. The number of halogens is 2. The molecule has 21 heavy (non-hydrogen) atoms. The average Bonchev–Trinajstić information content (AvgIpc) is 2.42. The second-order valence-electron chi connectivity index (χ2n) is 4.82. The first kappa shape index (κ1) is 17.8. The number of carbonyl (C=O) groups excluding carboxylic acids is 2. The quantitative estimate of drug-likeness (QED) is 0.769. The fraction of sp³-hybridized carbons (Fsp3) is 0.467. The Bertz CT molecular complexity index is 506. The molecule has 1 N–H and O–H groups in total. The number of hydrogen-bond acceptors (Lipinski definition) is 2. The average molecular weight is 331 g/mol. The van der Waals surface area contributed by atoms with Crippen molar-refractivity contribution >= 4 is 40.7 Å². The molecular formula is C15H20Cl2N2O2. The summed E-state index contributed by atoms with van der Waals surface area (Å²) in [6.07, 6.45) is 3.01. The molecule has 0 heterocycles. The highest BCUT2D eigenvalue weighted by atomic mass is 35.5. The van der Waals surface area contributed by atoms with E-state index in [0.29, 0.717) is 22.3 Å². The van der Waals surface area contributed by atoms with E-state index in [-0.39, 0.29) is 18.4 Å². The van der Waals surface area contributed by atoms with Crippen LogP contribution in [0.2, 0.25) is 10.0 Å². The van der Waals surface area contributed by atoms with Crippen molar-refractivity contribution in [3.8, 4) is 0 Å². The van der Waals surface area contributed by atoms with Crippen LogP contribution in [0, 0.1) is 0 Å². The lowest BCUT2D eigenvalue weighted by molar-refractivity contribution is -0.132. The van der Waals surface area contributed by atoms with Crippen LogP contribution in [0.1, 0.15) is 33.1 Å². The molecule has 116 valence electrons. The van der Waals surface area contributed by atoms with E-state index in [2.05, 4.69) is 12.2 Å². The van der Waals surface area contributed by atoms with E-state index in [4.69, 9.17) is 23.2 Å². The van der Waals surface area contributed by atoms with Gasteiger partial charge >= 0.3 is 0 Å². The molecule has 1 aromatic carbocycles. The summed E-state index contributed by atoms with van der Waals surface area (Å²) in [6, 6.07) is 4.86. The van der Waals surface area contributed by atoms with Crippen LogP contribution < -0.4 is 5.32 Å². The SMILES string of the molecule is CCCCCN(CC(=O)Nc1ccc(Cl)c(Cl)c1)C(C)=O. The predicted molar refractivity (Wildman–Crippen MR) is 86.9 cm³/mol. The van der Waals surface area contributed by atoms with Crippen LogP contribution in [0.15, 0.2) is 18.2 Å². The smallest absolute Gasteiger partial charge is 0.243 e. The summed E-state index contributed by atoms with van der Waals surface area (Å²) in [5, 5.41) is 3.52. The second-order valence-corrected chi connectivity index (χ2v) is 5.64. The van der Waals surface area contributed by atoms with Gasteiger partial charge in [-0.1, -0.05) is 43.0 Å². The van der Waals surface area contributed by atoms with Crippen molar-refractivity contribution in [1.82, 2.24) is 4.90 Å². The van der Waals surface area contributed by atoms with Gasteiger partial charge in [-0.15, -0.1) is 0 Å². The lowest BCUT2D eigenvalue weighted by atomic mass is 10.2. The Kier molecular flexibility index (Phi) is 7.54. The number of hydrogen-bond donors (Lipinski definition) is 1. The summed E-state index contributed by atoms with van der Waals surface area (Å²) >= 11 is 11.7. The molecule has 0 bridgehead atoms. The molecular weight excluding hydrogens is 311 g/mol. The van der Waals surface area contributed by atoms with E-state index in [1.165, 1.54) is 6.92 Å². The third kappa shape index (κ3) is 6.36. The van der Waals surface area contributed by atoms with Gasteiger partial charge in [0.1, 0.15) is 0 Å². The number of nitrogens with one attached hydrogen (secondary N) is 1. The molecule has 0 atom stereocenters. The molecule has 4 nitrogen and oxygen atoms in total. The number of carbonyl (C=O) groups is 2. The Morgan fingerprint density at radius 2 is 1.90 bits per heavy atom. The molecule has 0 saturated heterocycles. The minimum Gasteiger partial charge on any atom is -0.334 e. The van der Waals surface area contributed by atoms with Crippen molar-refractivity contribution < 1.29 is 9.59 Å². The van der Waals surface area contributed by atoms with Gasteiger partial charge < -0.3 is 10.2 Å². The van der Waals surface area contributed by atoms with Crippen LogP contribution >= 0.6 is 23.2 Å². The lowest BCUT2D eigenvalue weighted by Crippen LogP contribution is -2.37. The largest absolute Gasteiger partial charge is 0.334 e. The monoisotopic (exact) mass is 330 g/mol. The van der Waals surface area contributed by atoms with Gasteiger partial charge in [0.25, 0.3) is 0 Å². The van der Waals surface area contributed by atoms with Gasteiger partial charge in [-0.3, -0.25) is 9.59 Å². The van der Waals surface area contributed by atoms with Crippen molar-refractivity contribution in [3.05, 3.63) is 28.2 Å². The standard InChI is InChI=1S/C15H20Cl2N2O2/c1-3-4-5-8-19(11(2)20)10-15(21)18-12-6-7-13(16)14(17)9-12/h6-7,9H,3-5,8,10H2,1-2H3,(H,18,21). The van der Waals surface area contributed by atoms with Gasteiger partial charge in [-0.25, -0.2) is 0 Å². The van der Waals surface area contributed by atoms with Crippen LogP contribution in [-0.2, 0) is 9.59 Å². The molecule has 0 aliphatic carbocycles. The summed E-state index contributed by atoms with van der Waals surface area (Å²) in [6.45, 7) is 4.20. The zero-order valence-electron chi connectivity index (χ0n) is 12.3. The third-order valence-corrected chi connectivity index (χ3v) is 3.75. The summed E-state index contributed by atoms with van der Waals surface area (Å²) in [4.78, 5) is 25.1. The predicted octanol–water partition coefficient (Wildman–Crippen LogP) is 3.97. The van der Waals surface area contributed by atoms with Crippen LogP contribution in [0.5, 0.6) is 0 Å². The maximum atomic E-state index is 12.0. The van der Waals surface area contributed by atoms with Crippen molar-refractivity contribution in [2.75, 3.05) is 18.4 Å². The maximum absolute atomic E-state index is 12.0. The van der Waals surface area contributed by atoms with E-state index >= 15 is 0 Å². The fourth-order valence-electron chi connectivity index (χ4n) is 1.85. The van der Waals surface area contributed by atoms with Crippen LogP contribution in [0.25, 0.3) is 0 Å². The Labute approximate surface area is 135 Å². The summed E-state index contributed by atoms with van der Waals surface area (Å²) < 4.78 is 0. The number of amides is 2. The van der Waals surface area contributed by atoms with Crippen molar-refractivity contribution in [2.24, 2.45) is 0 Å². The van der Waals surface area contributed by atoms with Gasteiger partial charge in [0.05, 0.1) is 16.6 Å².